The molecule has 0 aliphatic carbocycles. The fourth-order valence-corrected chi connectivity index (χ4v) is 4.44. The molecule has 28 heavy (non-hydrogen) atoms. The lowest BCUT2D eigenvalue weighted by atomic mass is 10.2. The minimum Gasteiger partial charge on any atom is -0.472 e. The summed E-state index contributed by atoms with van der Waals surface area (Å²) in [5, 5.41) is 4.32. The molecule has 1 fully saturated rings. The molecular weight excluding hydrogens is 376 g/mol. The summed E-state index contributed by atoms with van der Waals surface area (Å²) in [5.41, 5.74) is 0.819. The average molecular weight is 401 g/mol. The number of carbonyl (C=O) groups excluding carboxylic acids is 1. The lowest BCUT2D eigenvalue weighted by molar-refractivity contribution is -0.114. The summed E-state index contributed by atoms with van der Waals surface area (Å²) < 4.78 is 12.1. The number of aryl methyl sites for hydroxylation is 1. The number of likely N-dealkylation sites (tertiary alicyclic amines) is 1. The van der Waals surface area contributed by atoms with E-state index in [0.717, 1.165) is 47.5 Å². The minimum atomic E-state index is -0.101. The Hall–Kier alpha value is -2.45. The SMILES string of the molecule is CCc1cc2c(OC3CC(C)N(Cc4cnc(NC(C)=O)s4)C3)nccc2o1. The van der Waals surface area contributed by atoms with E-state index in [4.69, 9.17) is 9.15 Å². The number of hydrogen-bond donors (Lipinski definition) is 1. The van der Waals surface area contributed by atoms with Crippen molar-refractivity contribution in [1.82, 2.24) is 14.9 Å². The highest BCUT2D eigenvalue weighted by molar-refractivity contribution is 7.15. The molecule has 0 saturated carbocycles. The monoisotopic (exact) mass is 400 g/mol. The lowest BCUT2D eigenvalue weighted by Crippen LogP contribution is -2.27. The molecule has 1 aliphatic heterocycles. The van der Waals surface area contributed by atoms with E-state index in [0.29, 0.717) is 17.1 Å². The van der Waals surface area contributed by atoms with Crippen molar-refractivity contribution in [3.05, 3.63) is 35.2 Å². The summed E-state index contributed by atoms with van der Waals surface area (Å²) in [7, 11) is 0. The number of hydrogen-bond acceptors (Lipinski definition) is 7. The van der Waals surface area contributed by atoms with Crippen LogP contribution in [0.15, 0.2) is 28.9 Å². The van der Waals surface area contributed by atoms with Gasteiger partial charge in [0.15, 0.2) is 5.13 Å². The first-order valence-corrected chi connectivity index (χ1v) is 10.3. The largest absolute Gasteiger partial charge is 0.472 e. The number of amides is 1. The molecule has 0 aromatic carbocycles. The van der Waals surface area contributed by atoms with Crippen molar-refractivity contribution in [3.63, 3.8) is 0 Å². The quantitative estimate of drug-likeness (QED) is 0.677. The molecule has 8 heteroatoms. The third kappa shape index (κ3) is 4.02. The summed E-state index contributed by atoms with van der Waals surface area (Å²) in [5.74, 6) is 1.48. The first-order chi connectivity index (χ1) is 13.5. The number of furan rings is 1. The third-order valence-corrected chi connectivity index (χ3v) is 5.85. The highest BCUT2D eigenvalue weighted by atomic mass is 32.1. The molecule has 2 atom stereocenters. The number of nitrogens with one attached hydrogen (secondary N) is 1. The van der Waals surface area contributed by atoms with E-state index in [1.54, 1.807) is 6.20 Å². The van der Waals surface area contributed by atoms with Crippen LogP contribution in [0.4, 0.5) is 5.13 Å². The van der Waals surface area contributed by atoms with Gasteiger partial charge >= 0.3 is 0 Å². The Morgan fingerprint density at radius 2 is 2.32 bits per heavy atom. The zero-order valence-corrected chi connectivity index (χ0v) is 17.1. The normalized spacial score (nSPS) is 20.0. The number of thiazole rings is 1. The fourth-order valence-electron chi connectivity index (χ4n) is 3.56. The molecule has 2 unspecified atom stereocenters. The van der Waals surface area contributed by atoms with Gasteiger partial charge in [0, 0.05) is 62.2 Å². The number of rotatable bonds is 6. The van der Waals surface area contributed by atoms with E-state index < -0.39 is 0 Å². The smallest absolute Gasteiger partial charge is 0.224 e. The first kappa shape index (κ1) is 18.9. The summed E-state index contributed by atoms with van der Waals surface area (Å²) in [6.45, 7) is 7.38. The molecule has 148 valence electrons. The van der Waals surface area contributed by atoms with E-state index >= 15 is 0 Å². The van der Waals surface area contributed by atoms with Gasteiger partial charge in [0.1, 0.15) is 17.4 Å². The highest BCUT2D eigenvalue weighted by Crippen LogP contribution is 2.31. The number of pyridine rings is 1. The van der Waals surface area contributed by atoms with Gasteiger partial charge in [-0.3, -0.25) is 9.69 Å². The van der Waals surface area contributed by atoms with E-state index in [1.807, 2.05) is 18.3 Å². The van der Waals surface area contributed by atoms with Crippen LogP contribution in [-0.2, 0) is 17.8 Å². The predicted octanol–water partition coefficient (Wildman–Crippen LogP) is 3.85. The topological polar surface area (TPSA) is 80.5 Å². The Bertz CT molecular complexity index is 983. The summed E-state index contributed by atoms with van der Waals surface area (Å²) in [4.78, 5) is 23.4. The van der Waals surface area contributed by atoms with Crippen LogP contribution >= 0.6 is 11.3 Å². The molecule has 1 saturated heterocycles. The predicted molar refractivity (Wildman–Crippen MR) is 109 cm³/mol. The third-order valence-electron chi connectivity index (χ3n) is 4.95. The maximum atomic E-state index is 11.2. The Kier molecular flexibility index (Phi) is 5.32. The highest BCUT2D eigenvalue weighted by Gasteiger charge is 2.31. The second-order valence-corrected chi connectivity index (χ2v) is 8.28. The molecule has 1 aliphatic rings. The molecule has 3 aromatic heterocycles. The van der Waals surface area contributed by atoms with Gasteiger partial charge < -0.3 is 14.5 Å². The number of carbonyl (C=O) groups is 1. The van der Waals surface area contributed by atoms with Gasteiger partial charge in [0.2, 0.25) is 11.8 Å². The zero-order valence-electron chi connectivity index (χ0n) is 16.3. The van der Waals surface area contributed by atoms with Crippen molar-refractivity contribution >= 4 is 33.3 Å². The van der Waals surface area contributed by atoms with Crippen LogP contribution in [-0.4, -0.2) is 39.5 Å². The number of aromatic nitrogens is 2. The number of nitrogens with zero attached hydrogens (tertiary/aromatic N) is 3. The van der Waals surface area contributed by atoms with Gasteiger partial charge in [0.05, 0.1) is 5.39 Å². The first-order valence-electron chi connectivity index (χ1n) is 9.52. The summed E-state index contributed by atoms with van der Waals surface area (Å²) in [6, 6.07) is 4.29. The molecule has 7 nitrogen and oxygen atoms in total. The Labute approximate surface area is 167 Å². The maximum absolute atomic E-state index is 11.2. The Morgan fingerprint density at radius 1 is 1.46 bits per heavy atom. The van der Waals surface area contributed by atoms with Crippen molar-refractivity contribution in [2.24, 2.45) is 0 Å². The average Bonchev–Trinajstić information content (AvgIpc) is 3.35. The molecule has 0 bridgehead atoms. The Balaban J connectivity index is 1.42. The Morgan fingerprint density at radius 3 is 3.11 bits per heavy atom. The van der Waals surface area contributed by atoms with Crippen molar-refractivity contribution in [2.75, 3.05) is 11.9 Å². The van der Waals surface area contributed by atoms with E-state index in [2.05, 4.69) is 34.0 Å². The standard InChI is InChI=1S/C20H24N4O3S/c1-4-14-8-17-18(26-14)5-6-21-19(17)27-15-7-12(2)24(10-15)11-16-9-22-20(28-16)23-13(3)25/h5-6,8-9,12,15H,4,7,10-11H2,1-3H3,(H,22,23,25). The molecule has 1 amide bonds. The number of ether oxygens (including phenoxy) is 1. The summed E-state index contributed by atoms with van der Waals surface area (Å²) >= 11 is 1.51. The van der Waals surface area contributed by atoms with Crippen LogP contribution in [0.5, 0.6) is 5.88 Å². The van der Waals surface area contributed by atoms with Crippen LogP contribution < -0.4 is 10.1 Å². The molecule has 0 radical (unpaired) electrons. The second kappa shape index (κ2) is 7.89. The molecular formula is C20H24N4O3S. The second-order valence-electron chi connectivity index (χ2n) is 7.16. The minimum absolute atomic E-state index is 0.0795. The molecule has 4 heterocycles. The molecule has 3 aromatic rings. The van der Waals surface area contributed by atoms with E-state index in [9.17, 15) is 4.79 Å². The van der Waals surface area contributed by atoms with E-state index in [1.165, 1.54) is 18.3 Å². The molecule has 4 rings (SSSR count). The lowest BCUT2D eigenvalue weighted by Gasteiger charge is -2.19. The van der Waals surface area contributed by atoms with Crippen molar-refractivity contribution in [3.8, 4) is 5.88 Å². The van der Waals surface area contributed by atoms with Crippen molar-refractivity contribution in [1.29, 1.82) is 0 Å². The summed E-state index contributed by atoms with van der Waals surface area (Å²) in [6.07, 6.45) is 5.43. The van der Waals surface area contributed by atoms with Crippen molar-refractivity contribution < 1.29 is 13.9 Å². The molecule has 1 N–H and O–H groups in total. The van der Waals surface area contributed by atoms with Crippen LogP contribution in [0.3, 0.4) is 0 Å². The van der Waals surface area contributed by atoms with Crippen LogP contribution in [0.25, 0.3) is 11.0 Å². The van der Waals surface area contributed by atoms with Gasteiger partial charge in [-0.2, -0.15) is 0 Å². The van der Waals surface area contributed by atoms with Gasteiger partial charge in [-0.15, -0.1) is 11.3 Å². The maximum Gasteiger partial charge on any atom is 0.224 e. The van der Waals surface area contributed by atoms with Crippen LogP contribution in [0, 0.1) is 0 Å². The number of fused-ring (bicyclic) bond motifs is 1. The molecule has 0 spiro atoms. The zero-order chi connectivity index (χ0) is 19.7. The van der Waals surface area contributed by atoms with Crippen molar-refractivity contribution in [2.45, 2.75) is 52.3 Å². The fraction of sp³-hybridized carbons (Fsp3) is 0.450. The van der Waals surface area contributed by atoms with Gasteiger partial charge in [-0.1, -0.05) is 6.92 Å². The van der Waals surface area contributed by atoms with Crippen LogP contribution in [0.1, 0.15) is 37.8 Å². The van der Waals surface area contributed by atoms with Crippen LogP contribution in [0.2, 0.25) is 0 Å². The van der Waals surface area contributed by atoms with E-state index in [-0.39, 0.29) is 12.0 Å². The van der Waals surface area contributed by atoms with Gasteiger partial charge in [0.25, 0.3) is 0 Å². The van der Waals surface area contributed by atoms with Gasteiger partial charge in [-0.25, -0.2) is 9.97 Å². The van der Waals surface area contributed by atoms with Gasteiger partial charge in [-0.05, 0) is 13.0 Å². The number of anilines is 1.